The summed E-state index contributed by atoms with van der Waals surface area (Å²) in [6, 6.07) is 4.26. The number of hydrazone groups is 1. The number of phenolic OH excluding ortho intramolecular Hbond substituents is 1. The van der Waals surface area contributed by atoms with E-state index in [0.717, 1.165) is 0 Å². The first-order chi connectivity index (χ1) is 7.19. The molecule has 6 heteroatoms. The number of methoxy groups -OCH3 is 1. The van der Waals surface area contributed by atoms with Crippen LogP contribution in [0.5, 0.6) is 5.75 Å². The van der Waals surface area contributed by atoms with Crippen molar-refractivity contribution in [2.75, 3.05) is 7.11 Å². The van der Waals surface area contributed by atoms with E-state index in [1.165, 1.54) is 31.5 Å². The van der Waals surface area contributed by atoms with Gasteiger partial charge in [0.2, 0.25) is 0 Å². The van der Waals surface area contributed by atoms with Crippen molar-refractivity contribution in [2.24, 2.45) is 5.10 Å². The van der Waals surface area contributed by atoms with Crippen molar-refractivity contribution in [1.82, 2.24) is 5.59 Å². The molecule has 3 N–H and O–H groups in total. The number of ether oxygens (including phenoxy) is 1. The number of rotatable bonds is 3. The summed E-state index contributed by atoms with van der Waals surface area (Å²) in [5.41, 5.74) is 2.16. The SMILES string of the molecule is COC(=O)c1cc(C=NNO)ccc1O. The van der Waals surface area contributed by atoms with E-state index in [1.807, 2.05) is 0 Å². The molecule has 0 fully saturated rings. The normalized spacial score (nSPS) is 10.3. The van der Waals surface area contributed by atoms with Gasteiger partial charge in [-0.1, -0.05) is 0 Å². The van der Waals surface area contributed by atoms with Gasteiger partial charge in [-0.15, -0.1) is 0 Å². The van der Waals surface area contributed by atoms with Crippen LogP contribution in [0.1, 0.15) is 15.9 Å². The lowest BCUT2D eigenvalue weighted by Gasteiger charge is -2.02. The molecule has 0 radical (unpaired) electrons. The molecule has 15 heavy (non-hydrogen) atoms. The molecule has 1 aromatic rings. The predicted octanol–water partition coefficient (Wildman–Crippen LogP) is 0.491. The minimum Gasteiger partial charge on any atom is -0.507 e. The summed E-state index contributed by atoms with van der Waals surface area (Å²) in [6.07, 6.45) is 1.28. The van der Waals surface area contributed by atoms with Crippen molar-refractivity contribution >= 4 is 12.2 Å². The number of esters is 1. The van der Waals surface area contributed by atoms with Crippen LogP contribution in [0.25, 0.3) is 0 Å². The average molecular weight is 210 g/mol. The number of nitrogens with zero attached hydrogens (tertiary/aromatic N) is 1. The molecule has 0 saturated heterocycles. The molecule has 0 bridgehead atoms. The van der Waals surface area contributed by atoms with Gasteiger partial charge in [0.05, 0.1) is 13.3 Å². The monoisotopic (exact) mass is 210 g/mol. The first-order valence-electron chi connectivity index (χ1n) is 4.02. The number of phenols is 1. The third-order valence-corrected chi connectivity index (χ3v) is 1.70. The fraction of sp³-hybridized carbons (Fsp3) is 0.111. The molecule has 0 amide bonds. The second-order valence-corrected chi connectivity index (χ2v) is 2.63. The number of carbonyl (C=O) groups is 1. The molecule has 0 aliphatic carbocycles. The lowest BCUT2D eigenvalue weighted by Crippen LogP contribution is -2.03. The number of nitrogens with one attached hydrogen (secondary N) is 1. The number of hydrogen-bond donors (Lipinski definition) is 3. The Bertz CT molecular complexity index is 390. The van der Waals surface area contributed by atoms with Crippen LogP contribution >= 0.6 is 0 Å². The quantitative estimate of drug-likeness (QED) is 0.383. The van der Waals surface area contributed by atoms with Gasteiger partial charge in [0.15, 0.2) is 0 Å². The molecular formula is C9H10N2O4. The van der Waals surface area contributed by atoms with Gasteiger partial charge in [0, 0.05) is 0 Å². The van der Waals surface area contributed by atoms with Crippen molar-refractivity contribution in [1.29, 1.82) is 0 Å². The van der Waals surface area contributed by atoms with Crippen LogP contribution in [-0.2, 0) is 4.74 Å². The standard InChI is InChI=1S/C9H10N2O4/c1-15-9(13)7-4-6(5-10-11-14)2-3-8(7)12/h2-5,11-12,14H,1H3. The fourth-order valence-electron chi connectivity index (χ4n) is 1.01. The maximum absolute atomic E-state index is 11.2. The molecular weight excluding hydrogens is 200 g/mol. The van der Waals surface area contributed by atoms with Crippen molar-refractivity contribution in [3.63, 3.8) is 0 Å². The highest BCUT2D eigenvalue weighted by molar-refractivity contribution is 5.94. The molecule has 0 aromatic heterocycles. The van der Waals surface area contributed by atoms with E-state index >= 15 is 0 Å². The Morgan fingerprint density at radius 2 is 2.33 bits per heavy atom. The topological polar surface area (TPSA) is 91.2 Å². The van der Waals surface area contributed by atoms with E-state index in [2.05, 4.69) is 9.84 Å². The van der Waals surface area contributed by atoms with Gasteiger partial charge < -0.3 is 9.84 Å². The Balaban J connectivity index is 3.05. The smallest absolute Gasteiger partial charge is 0.341 e. The van der Waals surface area contributed by atoms with Crippen LogP contribution in [0.15, 0.2) is 23.3 Å². The highest BCUT2D eigenvalue weighted by Crippen LogP contribution is 2.18. The highest BCUT2D eigenvalue weighted by atomic mass is 16.5. The molecule has 0 unspecified atom stereocenters. The molecule has 0 spiro atoms. The Kier molecular flexibility index (Phi) is 3.64. The van der Waals surface area contributed by atoms with Gasteiger partial charge >= 0.3 is 5.97 Å². The van der Waals surface area contributed by atoms with Crippen LogP contribution in [0.3, 0.4) is 0 Å². The van der Waals surface area contributed by atoms with Crippen molar-refractivity contribution in [2.45, 2.75) is 0 Å². The molecule has 0 saturated carbocycles. The van der Waals surface area contributed by atoms with Crippen LogP contribution < -0.4 is 5.59 Å². The molecule has 80 valence electrons. The number of carbonyl (C=O) groups excluding carboxylic acids is 1. The van der Waals surface area contributed by atoms with Crippen molar-refractivity contribution < 1.29 is 19.8 Å². The summed E-state index contributed by atoms with van der Waals surface area (Å²) in [4.78, 5) is 11.2. The van der Waals surface area contributed by atoms with Gasteiger partial charge in [-0.05, 0) is 23.8 Å². The third-order valence-electron chi connectivity index (χ3n) is 1.70. The molecule has 1 aromatic carbocycles. The second kappa shape index (κ2) is 4.97. The van der Waals surface area contributed by atoms with E-state index in [1.54, 1.807) is 5.59 Å². The second-order valence-electron chi connectivity index (χ2n) is 2.63. The van der Waals surface area contributed by atoms with E-state index in [0.29, 0.717) is 5.56 Å². The summed E-state index contributed by atoms with van der Waals surface area (Å²) in [7, 11) is 1.22. The predicted molar refractivity (Wildman–Crippen MR) is 52.0 cm³/mol. The Morgan fingerprint density at radius 3 is 2.93 bits per heavy atom. The third kappa shape index (κ3) is 2.68. The fourth-order valence-corrected chi connectivity index (χ4v) is 1.01. The summed E-state index contributed by atoms with van der Waals surface area (Å²) < 4.78 is 4.47. The molecule has 1 rings (SSSR count). The Morgan fingerprint density at radius 1 is 1.60 bits per heavy atom. The van der Waals surface area contributed by atoms with Gasteiger partial charge in [0.1, 0.15) is 11.3 Å². The average Bonchev–Trinajstić information content (AvgIpc) is 2.27. The summed E-state index contributed by atoms with van der Waals surface area (Å²) in [5.74, 6) is -0.810. The van der Waals surface area contributed by atoms with Crippen molar-refractivity contribution in [3.8, 4) is 5.75 Å². The van der Waals surface area contributed by atoms with Gasteiger partial charge in [-0.25, -0.2) is 4.79 Å². The maximum atomic E-state index is 11.2. The van der Waals surface area contributed by atoms with Crippen LogP contribution in [-0.4, -0.2) is 29.6 Å². The zero-order chi connectivity index (χ0) is 11.3. The Hall–Kier alpha value is -2.08. The summed E-state index contributed by atoms with van der Waals surface area (Å²) >= 11 is 0. The first kappa shape index (κ1) is 11.0. The summed E-state index contributed by atoms with van der Waals surface area (Å²) in [6.45, 7) is 0. The van der Waals surface area contributed by atoms with Crippen LogP contribution in [0, 0.1) is 0 Å². The molecule has 0 aliphatic rings. The summed E-state index contributed by atoms with van der Waals surface area (Å²) in [5, 5.41) is 20.9. The number of benzene rings is 1. The number of aromatic hydroxyl groups is 1. The van der Waals surface area contributed by atoms with E-state index in [-0.39, 0.29) is 11.3 Å². The van der Waals surface area contributed by atoms with Gasteiger partial charge in [-0.3, -0.25) is 5.21 Å². The van der Waals surface area contributed by atoms with Crippen molar-refractivity contribution in [3.05, 3.63) is 29.3 Å². The van der Waals surface area contributed by atoms with E-state index < -0.39 is 5.97 Å². The molecule has 6 nitrogen and oxygen atoms in total. The lowest BCUT2D eigenvalue weighted by atomic mass is 10.1. The highest BCUT2D eigenvalue weighted by Gasteiger charge is 2.11. The zero-order valence-corrected chi connectivity index (χ0v) is 7.97. The van der Waals surface area contributed by atoms with E-state index in [4.69, 9.17) is 5.21 Å². The molecule has 0 aliphatic heterocycles. The number of hydrogen-bond acceptors (Lipinski definition) is 6. The van der Waals surface area contributed by atoms with Gasteiger partial charge in [0.25, 0.3) is 0 Å². The van der Waals surface area contributed by atoms with Crippen LogP contribution in [0.2, 0.25) is 0 Å². The Labute approximate surface area is 85.8 Å². The zero-order valence-electron chi connectivity index (χ0n) is 7.97. The molecule has 0 heterocycles. The molecule has 0 atom stereocenters. The minimum atomic E-state index is -0.639. The maximum Gasteiger partial charge on any atom is 0.341 e. The van der Waals surface area contributed by atoms with Crippen LogP contribution in [0.4, 0.5) is 0 Å². The first-order valence-corrected chi connectivity index (χ1v) is 4.02. The largest absolute Gasteiger partial charge is 0.507 e. The minimum absolute atomic E-state index is 0.0411. The van der Waals surface area contributed by atoms with Gasteiger partial charge in [-0.2, -0.15) is 10.7 Å². The lowest BCUT2D eigenvalue weighted by molar-refractivity contribution is 0.0597. The van der Waals surface area contributed by atoms with E-state index in [9.17, 15) is 9.90 Å².